The van der Waals surface area contributed by atoms with Crippen LogP contribution in [0.25, 0.3) is 0 Å². The van der Waals surface area contributed by atoms with Crippen LogP contribution < -0.4 is 0 Å². The molecule has 0 saturated carbocycles. The van der Waals surface area contributed by atoms with Gasteiger partial charge >= 0.3 is 0 Å². The number of hydrogen-bond donors (Lipinski definition) is 0. The molecule has 8 heavy (non-hydrogen) atoms. The fourth-order valence-corrected chi connectivity index (χ4v) is 0.289. The van der Waals surface area contributed by atoms with Crippen molar-refractivity contribution in [2.45, 2.75) is 27.9 Å². The van der Waals surface area contributed by atoms with Gasteiger partial charge in [-0.15, -0.1) is 9.24 Å². The molecule has 2 heteroatoms. The summed E-state index contributed by atoms with van der Waals surface area (Å²) >= 11 is 0. The summed E-state index contributed by atoms with van der Waals surface area (Å²) in [4.78, 5) is 0. The maximum Gasteiger partial charge on any atom is 0.0577 e. The Balaban J connectivity index is -0.000000125. The lowest BCUT2D eigenvalue weighted by Gasteiger charge is -2.01. The van der Waals surface area contributed by atoms with Crippen molar-refractivity contribution in [3.05, 3.63) is 0 Å². The molecule has 0 bridgehead atoms. The lowest BCUT2D eigenvalue weighted by atomic mass is 10.5. The molecule has 54 valence electrons. The zero-order chi connectivity index (χ0) is 4.99. The van der Waals surface area contributed by atoms with E-state index in [9.17, 15) is 0 Å². The first kappa shape index (κ1) is 15.8. The molecule has 2 atom stereocenters. The molecule has 0 spiro atoms. The second kappa shape index (κ2) is 10.4. The van der Waals surface area contributed by atoms with Crippen LogP contribution in [0.2, 0.25) is 0 Å². The third-order valence-corrected chi connectivity index (χ3v) is 1.40. The Morgan fingerprint density at radius 1 is 1.50 bits per heavy atom. The molecule has 0 radical (unpaired) electrons. The standard InChI is InChI=1S/C4H11OP.2CH4/c1-4(3-6)5-2;;/h4H,3,6H2,1-2H3;2*1H4. The molecule has 2 unspecified atom stereocenters. The number of ether oxygens (including phenoxy) is 1. The van der Waals surface area contributed by atoms with Gasteiger partial charge in [0, 0.05) is 7.11 Å². The SMILES string of the molecule is C.C.COC(C)CP. The van der Waals surface area contributed by atoms with E-state index < -0.39 is 0 Å². The Hall–Kier alpha value is 0.390. The highest BCUT2D eigenvalue weighted by Gasteiger charge is 1.88. The van der Waals surface area contributed by atoms with Crippen molar-refractivity contribution >= 4 is 9.24 Å². The van der Waals surface area contributed by atoms with Gasteiger partial charge in [-0.25, -0.2) is 0 Å². The van der Waals surface area contributed by atoms with Gasteiger partial charge in [-0.2, -0.15) is 0 Å². The van der Waals surface area contributed by atoms with Gasteiger partial charge in [0.05, 0.1) is 6.10 Å². The van der Waals surface area contributed by atoms with Crippen molar-refractivity contribution in [1.82, 2.24) is 0 Å². The Labute approximate surface area is 56.0 Å². The third kappa shape index (κ3) is 9.63. The van der Waals surface area contributed by atoms with E-state index in [1.54, 1.807) is 7.11 Å². The molecule has 0 aliphatic rings. The van der Waals surface area contributed by atoms with Gasteiger partial charge in [-0.3, -0.25) is 0 Å². The predicted molar refractivity (Wildman–Crippen MR) is 44.5 cm³/mol. The third-order valence-electron chi connectivity index (χ3n) is 0.734. The van der Waals surface area contributed by atoms with E-state index in [0.717, 1.165) is 6.16 Å². The monoisotopic (exact) mass is 138 g/mol. The molecule has 0 fully saturated rings. The van der Waals surface area contributed by atoms with Crippen molar-refractivity contribution < 1.29 is 4.74 Å². The van der Waals surface area contributed by atoms with Crippen molar-refractivity contribution in [1.29, 1.82) is 0 Å². The molecular formula is C6H19OP. The molecule has 0 aromatic carbocycles. The summed E-state index contributed by atoms with van der Waals surface area (Å²) in [5.41, 5.74) is 0. The second-order valence-corrected chi connectivity index (χ2v) is 1.75. The zero-order valence-corrected chi connectivity index (χ0v) is 5.42. The molecule has 0 rings (SSSR count). The first-order valence-electron chi connectivity index (χ1n) is 2.04. The highest BCUT2D eigenvalue weighted by atomic mass is 31.0. The average Bonchev–Trinajstić information content (AvgIpc) is 1.65. The van der Waals surface area contributed by atoms with Crippen LogP contribution in [0, 0.1) is 0 Å². The highest BCUT2D eigenvalue weighted by molar-refractivity contribution is 7.16. The minimum absolute atomic E-state index is 0. The minimum atomic E-state index is 0. The summed E-state index contributed by atoms with van der Waals surface area (Å²) in [6.45, 7) is 2.03. The summed E-state index contributed by atoms with van der Waals surface area (Å²) in [6.07, 6.45) is 1.42. The minimum Gasteiger partial charge on any atom is -0.381 e. The molecule has 0 aliphatic heterocycles. The van der Waals surface area contributed by atoms with Gasteiger partial charge in [0.25, 0.3) is 0 Å². The van der Waals surface area contributed by atoms with Crippen molar-refractivity contribution in [2.75, 3.05) is 13.3 Å². The summed E-state index contributed by atoms with van der Waals surface area (Å²) in [5.74, 6) is 0. The van der Waals surface area contributed by atoms with Crippen LogP contribution in [0.15, 0.2) is 0 Å². The molecular weight excluding hydrogens is 119 g/mol. The van der Waals surface area contributed by atoms with Crippen LogP contribution in [0.1, 0.15) is 21.8 Å². The van der Waals surface area contributed by atoms with Gasteiger partial charge < -0.3 is 4.74 Å². The van der Waals surface area contributed by atoms with Gasteiger partial charge in [-0.1, -0.05) is 14.9 Å². The Kier molecular flexibility index (Phi) is 20.5. The van der Waals surface area contributed by atoms with Crippen LogP contribution in [0.4, 0.5) is 0 Å². The average molecular weight is 138 g/mol. The molecule has 0 aromatic heterocycles. The molecule has 0 aliphatic carbocycles. The summed E-state index contributed by atoms with van der Waals surface area (Å²) in [5, 5.41) is 0. The Morgan fingerprint density at radius 2 is 1.88 bits per heavy atom. The maximum absolute atomic E-state index is 4.88. The normalized spacial score (nSPS) is 10.9. The van der Waals surface area contributed by atoms with E-state index in [1.807, 2.05) is 6.92 Å². The molecule has 0 aromatic rings. The van der Waals surface area contributed by atoms with E-state index in [0.29, 0.717) is 6.10 Å². The number of methoxy groups -OCH3 is 1. The van der Waals surface area contributed by atoms with Crippen LogP contribution in [-0.2, 0) is 4.74 Å². The number of rotatable bonds is 2. The predicted octanol–water partition coefficient (Wildman–Crippen LogP) is 2.17. The zero-order valence-electron chi connectivity index (χ0n) is 4.27. The molecule has 0 amide bonds. The molecule has 1 nitrogen and oxygen atoms in total. The van der Waals surface area contributed by atoms with Crippen LogP contribution in [-0.4, -0.2) is 19.4 Å². The van der Waals surface area contributed by atoms with E-state index >= 15 is 0 Å². The van der Waals surface area contributed by atoms with Crippen molar-refractivity contribution in [3.63, 3.8) is 0 Å². The van der Waals surface area contributed by atoms with Crippen molar-refractivity contribution in [2.24, 2.45) is 0 Å². The van der Waals surface area contributed by atoms with Crippen LogP contribution in [0.5, 0.6) is 0 Å². The largest absolute Gasteiger partial charge is 0.381 e. The maximum atomic E-state index is 4.88. The van der Waals surface area contributed by atoms with Gasteiger partial charge in [0.1, 0.15) is 0 Å². The van der Waals surface area contributed by atoms with Crippen LogP contribution >= 0.6 is 9.24 Å². The smallest absolute Gasteiger partial charge is 0.0577 e. The fraction of sp³-hybridized carbons (Fsp3) is 1.00. The second-order valence-electron chi connectivity index (χ2n) is 1.28. The lowest BCUT2D eigenvalue weighted by molar-refractivity contribution is 0.137. The first-order chi connectivity index (χ1) is 2.81. The molecule has 0 N–H and O–H groups in total. The molecule has 0 saturated heterocycles. The van der Waals surface area contributed by atoms with E-state index in [1.165, 1.54) is 0 Å². The summed E-state index contributed by atoms with van der Waals surface area (Å²) < 4.78 is 4.88. The van der Waals surface area contributed by atoms with Crippen molar-refractivity contribution in [3.8, 4) is 0 Å². The fourth-order valence-electron chi connectivity index (χ4n) is 0.0962. The van der Waals surface area contributed by atoms with Gasteiger partial charge in [0.2, 0.25) is 0 Å². The topological polar surface area (TPSA) is 9.23 Å². The van der Waals surface area contributed by atoms with E-state index in [2.05, 4.69) is 9.24 Å². The van der Waals surface area contributed by atoms with Crippen LogP contribution in [0.3, 0.4) is 0 Å². The first-order valence-corrected chi connectivity index (χ1v) is 2.85. The summed E-state index contributed by atoms with van der Waals surface area (Å²) in [6, 6.07) is 0. The van der Waals surface area contributed by atoms with Gasteiger partial charge in [-0.05, 0) is 13.1 Å². The number of hydrogen-bond acceptors (Lipinski definition) is 1. The highest BCUT2D eigenvalue weighted by Crippen LogP contribution is 1.91. The van der Waals surface area contributed by atoms with E-state index in [-0.39, 0.29) is 14.9 Å². The van der Waals surface area contributed by atoms with Gasteiger partial charge in [0.15, 0.2) is 0 Å². The summed E-state index contributed by atoms with van der Waals surface area (Å²) in [7, 11) is 4.33. The lowest BCUT2D eigenvalue weighted by Crippen LogP contribution is -2.04. The quantitative estimate of drug-likeness (QED) is 0.531. The molecule has 0 heterocycles. The Bertz CT molecular complexity index is 27.7. The van der Waals surface area contributed by atoms with E-state index in [4.69, 9.17) is 4.74 Å². The Morgan fingerprint density at radius 3 is 1.88 bits per heavy atom.